The topological polar surface area (TPSA) is 35.2 Å². The minimum absolute atomic E-state index is 0.146. The summed E-state index contributed by atoms with van der Waals surface area (Å²) >= 11 is 3.48. The van der Waals surface area contributed by atoms with Crippen LogP contribution in [0, 0.1) is 0 Å². The molecule has 2 N–H and O–H groups in total. The maximum Gasteiger partial charge on any atom is 0.123 e. The highest BCUT2D eigenvalue weighted by Crippen LogP contribution is 2.27. The van der Waals surface area contributed by atoms with Crippen LogP contribution >= 0.6 is 15.9 Å². The van der Waals surface area contributed by atoms with E-state index in [1.54, 1.807) is 7.11 Å². The fraction of sp³-hybridized carbons (Fsp3) is 0.400. The fourth-order valence-electron chi connectivity index (χ4n) is 1.25. The molecule has 0 bridgehead atoms. The molecule has 0 fully saturated rings. The van der Waals surface area contributed by atoms with E-state index in [-0.39, 0.29) is 6.04 Å². The SMILES string of the molecule is COc1cccc(Br)c1C[C@H](C)N. The van der Waals surface area contributed by atoms with E-state index in [2.05, 4.69) is 15.9 Å². The molecule has 1 rings (SSSR count). The van der Waals surface area contributed by atoms with Gasteiger partial charge in [-0.25, -0.2) is 0 Å². The molecule has 0 saturated carbocycles. The van der Waals surface area contributed by atoms with Gasteiger partial charge in [0.25, 0.3) is 0 Å². The first kappa shape index (κ1) is 10.5. The van der Waals surface area contributed by atoms with Gasteiger partial charge in [0, 0.05) is 16.1 Å². The maximum absolute atomic E-state index is 5.74. The number of halogens is 1. The van der Waals surface area contributed by atoms with Crippen LogP contribution in [-0.4, -0.2) is 13.2 Å². The van der Waals surface area contributed by atoms with E-state index in [0.717, 1.165) is 22.2 Å². The number of methoxy groups -OCH3 is 1. The molecule has 0 amide bonds. The van der Waals surface area contributed by atoms with E-state index < -0.39 is 0 Å². The van der Waals surface area contributed by atoms with Crippen LogP contribution in [0.3, 0.4) is 0 Å². The standard InChI is InChI=1S/C10H14BrNO/c1-7(12)6-8-9(11)4-3-5-10(8)13-2/h3-5,7H,6,12H2,1-2H3/t7-/m0/s1. The maximum atomic E-state index is 5.74. The number of hydrogen-bond donors (Lipinski definition) is 1. The second-order valence-corrected chi connectivity index (χ2v) is 3.96. The van der Waals surface area contributed by atoms with Gasteiger partial charge in [-0.15, -0.1) is 0 Å². The van der Waals surface area contributed by atoms with E-state index in [1.165, 1.54) is 0 Å². The van der Waals surface area contributed by atoms with Crippen molar-refractivity contribution in [2.24, 2.45) is 5.73 Å². The van der Waals surface area contributed by atoms with Gasteiger partial charge in [-0.1, -0.05) is 22.0 Å². The van der Waals surface area contributed by atoms with E-state index >= 15 is 0 Å². The van der Waals surface area contributed by atoms with E-state index in [4.69, 9.17) is 10.5 Å². The molecular weight excluding hydrogens is 230 g/mol. The Morgan fingerprint density at radius 3 is 2.77 bits per heavy atom. The summed E-state index contributed by atoms with van der Waals surface area (Å²) < 4.78 is 6.30. The van der Waals surface area contributed by atoms with Gasteiger partial charge in [0.05, 0.1) is 7.11 Å². The predicted molar refractivity (Wildman–Crippen MR) is 58.0 cm³/mol. The quantitative estimate of drug-likeness (QED) is 0.885. The molecular formula is C10H14BrNO. The molecule has 0 aliphatic rings. The van der Waals surface area contributed by atoms with Crippen molar-refractivity contribution in [2.75, 3.05) is 7.11 Å². The summed E-state index contributed by atoms with van der Waals surface area (Å²) in [6, 6.07) is 6.05. The van der Waals surface area contributed by atoms with Gasteiger partial charge in [0.15, 0.2) is 0 Å². The van der Waals surface area contributed by atoms with E-state index in [0.29, 0.717) is 0 Å². The minimum atomic E-state index is 0.146. The third-order valence-corrected chi connectivity index (χ3v) is 2.56. The molecule has 1 aromatic carbocycles. The van der Waals surface area contributed by atoms with Gasteiger partial charge in [0.1, 0.15) is 5.75 Å². The molecule has 1 atom stereocenters. The van der Waals surface area contributed by atoms with E-state index in [1.807, 2.05) is 25.1 Å². The van der Waals surface area contributed by atoms with Crippen molar-refractivity contribution in [3.05, 3.63) is 28.2 Å². The second-order valence-electron chi connectivity index (χ2n) is 3.10. The molecule has 13 heavy (non-hydrogen) atoms. The summed E-state index contributed by atoms with van der Waals surface area (Å²) in [7, 11) is 1.67. The first-order valence-corrected chi connectivity index (χ1v) is 5.01. The van der Waals surface area contributed by atoms with Crippen molar-refractivity contribution >= 4 is 15.9 Å². The Hall–Kier alpha value is -0.540. The molecule has 0 heterocycles. The lowest BCUT2D eigenvalue weighted by Gasteiger charge is -2.12. The molecule has 0 spiro atoms. The van der Waals surface area contributed by atoms with Gasteiger partial charge in [-0.3, -0.25) is 0 Å². The lowest BCUT2D eigenvalue weighted by Crippen LogP contribution is -2.18. The van der Waals surface area contributed by atoms with Crippen molar-refractivity contribution in [3.63, 3.8) is 0 Å². The molecule has 0 unspecified atom stereocenters. The lowest BCUT2D eigenvalue weighted by atomic mass is 10.1. The summed E-state index contributed by atoms with van der Waals surface area (Å²) in [5, 5.41) is 0. The highest BCUT2D eigenvalue weighted by atomic mass is 79.9. The van der Waals surface area contributed by atoms with Crippen LogP contribution < -0.4 is 10.5 Å². The largest absolute Gasteiger partial charge is 0.496 e. The van der Waals surface area contributed by atoms with Gasteiger partial charge < -0.3 is 10.5 Å². The minimum Gasteiger partial charge on any atom is -0.496 e. The van der Waals surface area contributed by atoms with Crippen LogP contribution in [0.5, 0.6) is 5.75 Å². The zero-order valence-corrected chi connectivity index (χ0v) is 9.47. The smallest absolute Gasteiger partial charge is 0.123 e. The van der Waals surface area contributed by atoms with Crippen molar-refractivity contribution < 1.29 is 4.74 Å². The molecule has 0 aliphatic heterocycles. The molecule has 72 valence electrons. The Labute approximate surface area is 87.2 Å². The van der Waals surface area contributed by atoms with E-state index in [9.17, 15) is 0 Å². The fourth-order valence-corrected chi connectivity index (χ4v) is 1.76. The molecule has 1 aromatic rings. The Balaban J connectivity index is 3.00. The Morgan fingerprint density at radius 2 is 2.23 bits per heavy atom. The van der Waals surface area contributed by atoms with Crippen LogP contribution in [0.15, 0.2) is 22.7 Å². The van der Waals surface area contributed by atoms with Gasteiger partial charge >= 0.3 is 0 Å². The molecule has 0 aromatic heterocycles. The number of ether oxygens (including phenoxy) is 1. The van der Waals surface area contributed by atoms with Crippen molar-refractivity contribution in [3.8, 4) is 5.75 Å². The third-order valence-electron chi connectivity index (χ3n) is 1.82. The normalized spacial score (nSPS) is 12.6. The second kappa shape index (κ2) is 4.63. The summed E-state index contributed by atoms with van der Waals surface area (Å²) in [4.78, 5) is 0. The van der Waals surface area contributed by atoms with Crippen LogP contribution in [0.4, 0.5) is 0 Å². The van der Waals surface area contributed by atoms with Crippen LogP contribution in [-0.2, 0) is 6.42 Å². The Bertz CT molecular complexity index is 286. The number of nitrogens with two attached hydrogens (primary N) is 1. The summed E-state index contributed by atoms with van der Waals surface area (Å²) in [6.07, 6.45) is 0.824. The number of benzene rings is 1. The zero-order chi connectivity index (χ0) is 9.84. The predicted octanol–water partition coefficient (Wildman–Crippen LogP) is 2.35. The first-order chi connectivity index (χ1) is 6.15. The van der Waals surface area contributed by atoms with Crippen molar-refractivity contribution in [2.45, 2.75) is 19.4 Å². The third kappa shape index (κ3) is 2.71. The Kier molecular flexibility index (Phi) is 3.75. The summed E-state index contributed by atoms with van der Waals surface area (Å²) in [5.41, 5.74) is 6.88. The molecule has 0 aliphatic carbocycles. The molecule has 0 saturated heterocycles. The average molecular weight is 244 g/mol. The van der Waals surface area contributed by atoms with Crippen molar-refractivity contribution in [1.82, 2.24) is 0 Å². The average Bonchev–Trinajstić information content (AvgIpc) is 2.08. The zero-order valence-electron chi connectivity index (χ0n) is 7.88. The first-order valence-electron chi connectivity index (χ1n) is 4.22. The van der Waals surface area contributed by atoms with Gasteiger partial charge in [0.2, 0.25) is 0 Å². The number of rotatable bonds is 3. The number of hydrogen-bond acceptors (Lipinski definition) is 2. The molecule has 2 nitrogen and oxygen atoms in total. The van der Waals surface area contributed by atoms with Crippen LogP contribution in [0.2, 0.25) is 0 Å². The monoisotopic (exact) mass is 243 g/mol. The summed E-state index contributed by atoms with van der Waals surface area (Å²) in [5.74, 6) is 0.895. The van der Waals surface area contributed by atoms with Crippen molar-refractivity contribution in [1.29, 1.82) is 0 Å². The summed E-state index contributed by atoms with van der Waals surface area (Å²) in [6.45, 7) is 1.98. The molecule has 0 radical (unpaired) electrons. The van der Waals surface area contributed by atoms with Gasteiger partial charge in [-0.2, -0.15) is 0 Å². The van der Waals surface area contributed by atoms with Crippen LogP contribution in [0.1, 0.15) is 12.5 Å². The molecule has 3 heteroatoms. The lowest BCUT2D eigenvalue weighted by molar-refractivity contribution is 0.408. The van der Waals surface area contributed by atoms with Crippen LogP contribution in [0.25, 0.3) is 0 Å². The van der Waals surface area contributed by atoms with Gasteiger partial charge in [-0.05, 0) is 25.5 Å². The Morgan fingerprint density at radius 1 is 1.54 bits per heavy atom. The highest BCUT2D eigenvalue weighted by Gasteiger charge is 2.08. The highest BCUT2D eigenvalue weighted by molar-refractivity contribution is 9.10.